The molecule has 0 aliphatic rings. The summed E-state index contributed by atoms with van der Waals surface area (Å²) in [5, 5.41) is 3.97. The van der Waals surface area contributed by atoms with Crippen molar-refractivity contribution in [3.8, 4) is 11.5 Å². The molecule has 0 radical (unpaired) electrons. The van der Waals surface area contributed by atoms with Gasteiger partial charge in [0.05, 0.1) is 18.7 Å². The van der Waals surface area contributed by atoms with Crippen LogP contribution in [0.3, 0.4) is 0 Å². The summed E-state index contributed by atoms with van der Waals surface area (Å²) >= 11 is 6.18. The number of ether oxygens (including phenoxy) is 2. The molecular weight excluding hydrogens is 285 g/mol. The van der Waals surface area contributed by atoms with E-state index in [1.54, 1.807) is 7.11 Å². The molecule has 0 spiro atoms. The Morgan fingerprint density at radius 3 is 2.58 bits per heavy atom. The van der Waals surface area contributed by atoms with Gasteiger partial charge in [-0.25, -0.2) is 0 Å². The lowest BCUT2D eigenvalue weighted by Gasteiger charge is -2.13. The second-order valence-electron chi connectivity index (χ2n) is 4.07. The average molecular weight is 308 g/mol. The van der Waals surface area contributed by atoms with E-state index in [0.717, 1.165) is 18.7 Å². The number of hydrogen-bond donors (Lipinski definition) is 1. The molecule has 0 atom stereocenters. The van der Waals surface area contributed by atoms with Gasteiger partial charge in [0.1, 0.15) is 0 Å². The fraction of sp³-hybridized carbons (Fsp3) is 0.571. The first-order chi connectivity index (χ1) is 8.72. The zero-order chi connectivity index (χ0) is 13.4. The number of unbranched alkanes of at least 4 members (excludes halogenated alkanes) is 1. The summed E-state index contributed by atoms with van der Waals surface area (Å²) < 4.78 is 10.8. The van der Waals surface area contributed by atoms with Gasteiger partial charge in [0.2, 0.25) is 0 Å². The SMILES string of the molecule is CCCCNCc1cc(Cl)c(OC)c(OCC)c1.Cl. The smallest absolute Gasteiger partial charge is 0.179 e. The molecule has 1 N–H and O–H groups in total. The lowest BCUT2D eigenvalue weighted by atomic mass is 10.2. The first kappa shape index (κ1) is 18.4. The maximum atomic E-state index is 6.18. The zero-order valence-corrected chi connectivity index (χ0v) is 13.4. The average Bonchev–Trinajstić information content (AvgIpc) is 2.35. The van der Waals surface area contributed by atoms with E-state index in [4.69, 9.17) is 21.1 Å². The van der Waals surface area contributed by atoms with E-state index >= 15 is 0 Å². The summed E-state index contributed by atoms with van der Waals surface area (Å²) in [6.07, 6.45) is 2.38. The van der Waals surface area contributed by atoms with Crippen molar-refractivity contribution in [2.75, 3.05) is 20.3 Å². The van der Waals surface area contributed by atoms with Gasteiger partial charge in [-0.3, -0.25) is 0 Å². The van der Waals surface area contributed by atoms with Gasteiger partial charge in [0.25, 0.3) is 0 Å². The zero-order valence-electron chi connectivity index (χ0n) is 11.8. The normalized spacial score (nSPS) is 9.89. The van der Waals surface area contributed by atoms with E-state index in [1.165, 1.54) is 12.8 Å². The Hall–Kier alpha value is -0.640. The molecule has 0 bridgehead atoms. The lowest BCUT2D eigenvalue weighted by molar-refractivity contribution is 0.310. The van der Waals surface area contributed by atoms with E-state index in [2.05, 4.69) is 12.2 Å². The molecule has 110 valence electrons. The number of hydrogen-bond acceptors (Lipinski definition) is 3. The molecule has 0 saturated carbocycles. The highest BCUT2D eigenvalue weighted by molar-refractivity contribution is 6.32. The third-order valence-electron chi connectivity index (χ3n) is 2.61. The van der Waals surface area contributed by atoms with Crippen LogP contribution in [0.15, 0.2) is 12.1 Å². The van der Waals surface area contributed by atoms with E-state index in [9.17, 15) is 0 Å². The van der Waals surface area contributed by atoms with Crippen molar-refractivity contribution in [2.24, 2.45) is 0 Å². The minimum atomic E-state index is 0. The molecule has 3 nitrogen and oxygen atoms in total. The highest BCUT2D eigenvalue weighted by atomic mass is 35.5. The van der Waals surface area contributed by atoms with Crippen LogP contribution < -0.4 is 14.8 Å². The molecule has 0 fully saturated rings. The maximum Gasteiger partial charge on any atom is 0.179 e. The van der Waals surface area contributed by atoms with Crippen molar-refractivity contribution in [1.82, 2.24) is 5.32 Å². The van der Waals surface area contributed by atoms with E-state index < -0.39 is 0 Å². The van der Waals surface area contributed by atoms with Crippen LogP contribution in [0.4, 0.5) is 0 Å². The van der Waals surface area contributed by atoms with Gasteiger partial charge in [0.15, 0.2) is 11.5 Å². The Bertz CT molecular complexity index is 373. The number of nitrogens with one attached hydrogen (secondary N) is 1. The third-order valence-corrected chi connectivity index (χ3v) is 2.89. The molecule has 0 heterocycles. The van der Waals surface area contributed by atoms with Crippen molar-refractivity contribution in [1.29, 1.82) is 0 Å². The number of halogens is 2. The van der Waals surface area contributed by atoms with E-state index in [-0.39, 0.29) is 12.4 Å². The van der Waals surface area contributed by atoms with Crippen LogP contribution in [0.5, 0.6) is 11.5 Å². The minimum absolute atomic E-state index is 0. The molecule has 0 aromatic heterocycles. The monoisotopic (exact) mass is 307 g/mol. The number of rotatable bonds is 8. The first-order valence-electron chi connectivity index (χ1n) is 6.42. The van der Waals surface area contributed by atoms with Crippen molar-refractivity contribution in [3.63, 3.8) is 0 Å². The fourth-order valence-corrected chi connectivity index (χ4v) is 2.03. The van der Waals surface area contributed by atoms with Crippen LogP contribution in [0.2, 0.25) is 5.02 Å². The van der Waals surface area contributed by atoms with E-state index in [0.29, 0.717) is 23.1 Å². The van der Waals surface area contributed by atoms with Crippen LogP contribution >= 0.6 is 24.0 Å². The van der Waals surface area contributed by atoms with Crippen LogP contribution in [0, 0.1) is 0 Å². The molecule has 0 aliphatic heterocycles. The van der Waals surface area contributed by atoms with Gasteiger partial charge >= 0.3 is 0 Å². The Morgan fingerprint density at radius 2 is 2.00 bits per heavy atom. The summed E-state index contributed by atoms with van der Waals surface area (Å²) in [5.74, 6) is 1.32. The van der Waals surface area contributed by atoms with Gasteiger partial charge < -0.3 is 14.8 Å². The number of benzene rings is 1. The van der Waals surface area contributed by atoms with Gasteiger partial charge in [-0.1, -0.05) is 24.9 Å². The Balaban J connectivity index is 0.00000324. The summed E-state index contributed by atoms with van der Waals surface area (Å²) in [4.78, 5) is 0. The molecule has 1 aromatic rings. The standard InChI is InChI=1S/C14H22ClNO2.ClH/c1-4-6-7-16-10-11-8-12(15)14(17-3)13(9-11)18-5-2;/h8-9,16H,4-7,10H2,1-3H3;1H. The lowest BCUT2D eigenvalue weighted by Crippen LogP contribution is -2.14. The van der Waals surface area contributed by atoms with Gasteiger partial charge in [0, 0.05) is 6.54 Å². The molecular formula is C14H23Cl2NO2. The van der Waals surface area contributed by atoms with Crippen molar-refractivity contribution in [3.05, 3.63) is 22.7 Å². The van der Waals surface area contributed by atoms with Gasteiger partial charge in [-0.05, 0) is 37.6 Å². The molecule has 0 aliphatic carbocycles. The maximum absolute atomic E-state index is 6.18. The summed E-state index contributed by atoms with van der Waals surface area (Å²) in [6, 6.07) is 3.90. The second-order valence-corrected chi connectivity index (χ2v) is 4.48. The Kier molecular flexibility index (Phi) is 9.84. The molecule has 0 amide bonds. The van der Waals surface area contributed by atoms with Crippen LogP contribution in [0.25, 0.3) is 0 Å². The molecule has 0 saturated heterocycles. The minimum Gasteiger partial charge on any atom is -0.491 e. The van der Waals surface area contributed by atoms with E-state index in [1.807, 2.05) is 19.1 Å². The summed E-state index contributed by atoms with van der Waals surface area (Å²) in [5.41, 5.74) is 1.11. The van der Waals surface area contributed by atoms with Crippen LogP contribution in [-0.4, -0.2) is 20.3 Å². The molecule has 1 aromatic carbocycles. The fourth-order valence-electron chi connectivity index (χ4n) is 1.72. The summed E-state index contributed by atoms with van der Waals surface area (Å²) in [6.45, 7) is 6.53. The molecule has 1 rings (SSSR count). The Labute approximate surface area is 127 Å². The van der Waals surface area contributed by atoms with Crippen LogP contribution in [-0.2, 0) is 6.54 Å². The predicted octanol–water partition coefficient (Wildman–Crippen LogP) is 4.06. The molecule has 5 heteroatoms. The highest BCUT2D eigenvalue weighted by Gasteiger charge is 2.11. The Morgan fingerprint density at radius 1 is 1.26 bits per heavy atom. The van der Waals surface area contributed by atoms with Crippen LogP contribution in [0.1, 0.15) is 32.3 Å². The van der Waals surface area contributed by atoms with Crippen molar-refractivity contribution < 1.29 is 9.47 Å². The highest BCUT2D eigenvalue weighted by Crippen LogP contribution is 2.36. The molecule has 0 unspecified atom stereocenters. The second kappa shape index (κ2) is 10.2. The molecule has 19 heavy (non-hydrogen) atoms. The van der Waals surface area contributed by atoms with Crippen molar-refractivity contribution in [2.45, 2.75) is 33.2 Å². The first-order valence-corrected chi connectivity index (χ1v) is 6.80. The predicted molar refractivity (Wildman–Crippen MR) is 83.0 cm³/mol. The van der Waals surface area contributed by atoms with Gasteiger partial charge in [-0.15, -0.1) is 12.4 Å². The van der Waals surface area contributed by atoms with Gasteiger partial charge in [-0.2, -0.15) is 0 Å². The summed E-state index contributed by atoms with van der Waals surface area (Å²) in [7, 11) is 1.60. The quantitative estimate of drug-likeness (QED) is 0.735. The van der Waals surface area contributed by atoms with Crippen molar-refractivity contribution >= 4 is 24.0 Å². The largest absolute Gasteiger partial charge is 0.491 e. The topological polar surface area (TPSA) is 30.5 Å². The number of methoxy groups -OCH3 is 1. The third kappa shape index (κ3) is 5.89.